The van der Waals surface area contributed by atoms with Gasteiger partial charge in [-0.3, -0.25) is 0 Å². The van der Waals surface area contributed by atoms with E-state index in [0.717, 1.165) is 25.7 Å². The van der Waals surface area contributed by atoms with Crippen molar-refractivity contribution >= 4 is 10.3 Å². The molecule has 4 nitrogen and oxygen atoms in total. The molecule has 12 heavy (non-hydrogen) atoms. The van der Waals surface area contributed by atoms with Gasteiger partial charge in [0.1, 0.15) is 0 Å². The molecule has 0 aromatic rings. The molecule has 1 N–H and O–H groups in total. The molecule has 0 spiro atoms. The van der Waals surface area contributed by atoms with Crippen molar-refractivity contribution in [2.24, 2.45) is 0 Å². The van der Waals surface area contributed by atoms with Crippen LogP contribution in [0.15, 0.2) is 0 Å². The van der Waals surface area contributed by atoms with Crippen LogP contribution in [-0.2, 0) is 10.3 Å². The fraction of sp³-hybridized carbons (Fsp3) is 1.00. The van der Waals surface area contributed by atoms with E-state index in [1.165, 1.54) is 0 Å². The maximum absolute atomic E-state index is 10.00. The van der Waals surface area contributed by atoms with Crippen LogP contribution < -0.4 is 56.1 Å². The third-order valence-electron chi connectivity index (χ3n) is 1.31. The maximum Gasteiger partial charge on any atom is 1.00 e. The summed E-state index contributed by atoms with van der Waals surface area (Å²) in [4.78, 5) is 0. The molecule has 6 heteroatoms. The molecule has 68 valence electrons. The van der Waals surface area contributed by atoms with E-state index in [-0.39, 0.29) is 57.9 Å². The van der Waals surface area contributed by atoms with Crippen molar-refractivity contribution in [3.63, 3.8) is 0 Å². The van der Waals surface area contributed by atoms with E-state index in [4.69, 9.17) is 0 Å². The van der Waals surface area contributed by atoms with Gasteiger partial charge in [-0.2, -0.15) is 0 Å². The van der Waals surface area contributed by atoms with Gasteiger partial charge in [-0.1, -0.05) is 26.2 Å². The predicted molar refractivity (Wildman–Crippen MR) is 41.8 cm³/mol. The summed E-state index contributed by atoms with van der Waals surface area (Å²) in [6.07, 6.45) is 3.90. The van der Waals surface area contributed by atoms with E-state index in [2.05, 4.69) is 6.92 Å². The van der Waals surface area contributed by atoms with Crippen molar-refractivity contribution in [1.29, 1.82) is 0 Å². The van der Waals surface area contributed by atoms with Crippen LogP contribution in [0.1, 0.15) is 32.6 Å². The van der Waals surface area contributed by atoms with E-state index in [0.29, 0.717) is 0 Å². The van der Waals surface area contributed by atoms with Crippen molar-refractivity contribution in [2.75, 3.05) is 6.54 Å². The van der Waals surface area contributed by atoms with Gasteiger partial charge in [0, 0.05) is 6.54 Å². The molecule has 0 rings (SSSR count). The van der Waals surface area contributed by atoms with Gasteiger partial charge in [0.25, 0.3) is 0 Å². The van der Waals surface area contributed by atoms with Crippen LogP contribution in [-0.4, -0.2) is 19.5 Å². The zero-order valence-corrected chi connectivity index (χ0v) is 11.6. The summed E-state index contributed by atoms with van der Waals surface area (Å²) < 4.78 is 31.9. The number of hydrogen-bond donors (Lipinski definition) is 1. The Morgan fingerprint density at radius 2 is 1.83 bits per heavy atom. The molecule has 0 aliphatic heterocycles. The number of nitrogens with one attached hydrogen (secondary N) is 1. The Bertz CT molecular complexity index is 181. The van der Waals surface area contributed by atoms with Gasteiger partial charge >= 0.3 is 51.4 Å². The third kappa shape index (κ3) is 14.1. The van der Waals surface area contributed by atoms with Crippen molar-refractivity contribution in [3.8, 4) is 0 Å². The molecular formula is C6H14KNO3S. The normalized spacial score (nSPS) is 10.8. The van der Waals surface area contributed by atoms with Crippen molar-refractivity contribution < 1.29 is 64.4 Å². The Balaban J connectivity index is 0. The molecule has 0 bridgehead atoms. The molecule has 0 aromatic carbocycles. The van der Waals surface area contributed by atoms with Gasteiger partial charge in [-0.05, 0) is 6.42 Å². The summed E-state index contributed by atoms with van der Waals surface area (Å²) in [5.41, 5.74) is 0. The maximum atomic E-state index is 10.00. The van der Waals surface area contributed by atoms with Crippen molar-refractivity contribution in [2.45, 2.75) is 32.6 Å². The average molecular weight is 219 g/mol. The SMILES string of the molecule is CCCCCCNS(=O)(=O)[O-].[K+]. The first-order chi connectivity index (χ1) is 5.06. The zero-order chi connectivity index (χ0) is 8.74. The Morgan fingerprint density at radius 3 is 2.25 bits per heavy atom. The molecular weight excluding hydrogens is 205 g/mol. The van der Waals surface area contributed by atoms with Gasteiger partial charge in [-0.15, -0.1) is 0 Å². The quantitative estimate of drug-likeness (QED) is 0.308. The Hall–Kier alpha value is 1.51. The summed E-state index contributed by atoms with van der Waals surface area (Å²) in [5, 5.41) is 0. The van der Waals surface area contributed by atoms with Gasteiger partial charge in [-0.25, -0.2) is 13.1 Å². The van der Waals surface area contributed by atoms with Crippen molar-refractivity contribution in [3.05, 3.63) is 0 Å². The minimum Gasteiger partial charge on any atom is -0.735 e. The molecule has 0 radical (unpaired) electrons. The summed E-state index contributed by atoms with van der Waals surface area (Å²) in [7, 11) is -4.21. The van der Waals surface area contributed by atoms with Crippen LogP contribution in [0.2, 0.25) is 0 Å². The van der Waals surface area contributed by atoms with Crippen LogP contribution in [0.25, 0.3) is 0 Å². The predicted octanol–water partition coefficient (Wildman–Crippen LogP) is -2.38. The first kappa shape index (κ1) is 16.0. The van der Waals surface area contributed by atoms with Crippen LogP contribution in [0.5, 0.6) is 0 Å². The number of unbranched alkanes of at least 4 members (excludes halogenated alkanes) is 3. The Labute approximate surface area is 117 Å². The first-order valence-corrected chi connectivity index (χ1v) is 5.17. The van der Waals surface area contributed by atoms with Crippen LogP contribution in [0.4, 0.5) is 0 Å². The standard InChI is InChI=1S/C6H15NO3S.K/c1-2-3-4-5-6-7-11(8,9)10;/h7H,2-6H2,1H3,(H,8,9,10);/q;+1/p-1. The second-order valence-electron chi connectivity index (χ2n) is 2.41. The second kappa shape index (κ2) is 9.08. The fourth-order valence-electron chi connectivity index (χ4n) is 0.749. The molecule has 0 saturated heterocycles. The van der Waals surface area contributed by atoms with Gasteiger partial charge in [0.15, 0.2) is 10.3 Å². The molecule has 0 fully saturated rings. The first-order valence-electron chi connectivity index (χ1n) is 3.76. The molecule has 0 heterocycles. The molecule has 0 aliphatic rings. The summed E-state index contributed by atoms with van der Waals surface area (Å²) >= 11 is 0. The number of rotatable bonds is 6. The minimum atomic E-state index is -4.21. The number of hydrogen-bond acceptors (Lipinski definition) is 3. The van der Waals surface area contributed by atoms with Crippen LogP contribution in [0, 0.1) is 0 Å². The Kier molecular flexibility index (Phi) is 12.1. The van der Waals surface area contributed by atoms with Crippen LogP contribution in [0.3, 0.4) is 0 Å². The molecule has 0 aromatic heterocycles. The zero-order valence-electron chi connectivity index (χ0n) is 7.67. The van der Waals surface area contributed by atoms with Gasteiger partial charge in [0.2, 0.25) is 0 Å². The molecule has 0 saturated carbocycles. The van der Waals surface area contributed by atoms with Crippen molar-refractivity contribution in [1.82, 2.24) is 4.72 Å². The molecule has 0 amide bonds. The molecule has 0 unspecified atom stereocenters. The Morgan fingerprint density at radius 1 is 1.25 bits per heavy atom. The molecule has 0 atom stereocenters. The summed E-state index contributed by atoms with van der Waals surface area (Å²) in [5.74, 6) is 0. The van der Waals surface area contributed by atoms with E-state index in [9.17, 15) is 13.0 Å². The third-order valence-corrected chi connectivity index (χ3v) is 1.87. The van der Waals surface area contributed by atoms with Gasteiger partial charge < -0.3 is 4.55 Å². The average Bonchev–Trinajstić information content (AvgIpc) is 1.85. The van der Waals surface area contributed by atoms with E-state index < -0.39 is 10.3 Å². The second-order valence-corrected chi connectivity index (χ2v) is 3.61. The van der Waals surface area contributed by atoms with Gasteiger partial charge in [0.05, 0.1) is 0 Å². The molecule has 0 aliphatic carbocycles. The smallest absolute Gasteiger partial charge is 0.735 e. The summed E-state index contributed by atoms with van der Waals surface area (Å²) in [6.45, 7) is 2.34. The topological polar surface area (TPSA) is 69.2 Å². The minimum absolute atomic E-state index is 0. The monoisotopic (exact) mass is 219 g/mol. The largest absolute Gasteiger partial charge is 1.00 e. The van der Waals surface area contributed by atoms with Crippen LogP contribution >= 0.6 is 0 Å². The fourth-order valence-corrected chi connectivity index (χ4v) is 1.14. The van der Waals surface area contributed by atoms with E-state index >= 15 is 0 Å². The van der Waals surface area contributed by atoms with E-state index in [1.807, 2.05) is 4.72 Å². The summed E-state index contributed by atoms with van der Waals surface area (Å²) in [6, 6.07) is 0. The van der Waals surface area contributed by atoms with E-state index in [1.54, 1.807) is 0 Å².